The third-order valence-electron chi connectivity index (χ3n) is 2.98. The lowest BCUT2D eigenvalue weighted by Crippen LogP contribution is -1.81. The summed E-state index contributed by atoms with van der Waals surface area (Å²) < 4.78 is 1.16. The molecule has 0 amide bonds. The molecule has 0 spiro atoms. The minimum atomic E-state index is 1.16. The summed E-state index contributed by atoms with van der Waals surface area (Å²) in [5.74, 6) is 0. The van der Waals surface area contributed by atoms with Gasteiger partial charge in [0.05, 0.1) is 0 Å². The Labute approximate surface area is 116 Å². The van der Waals surface area contributed by atoms with Gasteiger partial charge in [0.2, 0.25) is 0 Å². The minimum absolute atomic E-state index is 1.16. The van der Waals surface area contributed by atoms with Crippen LogP contribution in [0.1, 0.15) is 77.6 Å². The lowest BCUT2D eigenvalue weighted by molar-refractivity contribution is 0.557. The Hall–Kier alpha value is 0.470. The topological polar surface area (TPSA) is 0 Å². The monoisotopic (exact) mass is 336 g/mol. The van der Waals surface area contributed by atoms with Crippen LogP contribution in [0, 0.1) is 0 Å². The molecular formula is C15H29I. The Morgan fingerprint density at radius 3 is 1.69 bits per heavy atom. The van der Waals surface area contributed by atoms with Crippen LogP contribution in [0.5, 0.6) is 0 Å². The summed E-state index contributed by atoms with van der Waals surface area (Å²) >= 11 is 2.39. The minimum Gasteiger partial charge on any atom is -0.0878 e. The maximum Gasteiger partial charge on any atom is 0.0175 e. The standard InChI is InChI=1S/C15H29I/c1-2-3-4-5-6-7-8-9-10-11-12-13-14-15-16/h13-14H,2-12,15H2,1H3/b14-13+. The van der Waals surface area contributed by atoms with Crippen molar-refractivity contribution in [2.75, 3.05) is 4.43 Å². The summed E-state index contributed by atoms with van der Waals surface area (Å²) in [6, 6.07) is 0. The van der Waals surface area contributed by atoms with E-state index >= 15 is 0 Å². The second kappa shape index (κ2) is 15.5. The molecule has 0 radical (unpaired) electrons. The Bertz CT molecular complexity index is 140. The normalized spacial score (nSPS) is 11.4. The van der Waals surface area contributed by atoms with Crippen LogP contribution in [0.25, 0.3) is 0 Å². The van der Waals surface area contributed by atoms with E-state index in [0.29, 0.717) is 0 Å². The molecule has 0 aromatic heterocycles. The first-order chi connectivity index (χ1) is 7.91. The maximum absolute atomic E-state index is 2.39. The van der Waals surface area contributed by atoms with E-state index in [2.05, 4.69) is 41.7 Å². The molecule has 16 heavy (non-hydrogen) atoms. The number of unbranched alkanes of at least 4 members (excludes halogenated alkanes) is 10. The van der Waals surface area contributed by atoms with Crippen LogP contribution in [0.2, 0.25) is 0 Å². The van der Waals surface area contributed by atoms with Gasteiger partial charge in [0.1, 0.15) is 0 Å². The van der Waals surface area contributed by atoms with Crippen molar-refractivity contribution < 1.29 is 0 Å². The number of alkyl halides is 1. The summed E-state index contributed by atoms with van der Waals surface area (Å²) in [7, 11) is 0. The van der Waals surface area contributed by atoms with Crippen molar-refractivity contribution in [3.63, 3.8) is 0 Å². The van der Waals surface area contributed by atoms with Crippen molar-refractivity contribution in [1.82, 2.24) is 0 Å². The lowest BCUT2D eigenvalue weighted by Gasteiger charge is -2.01. The van der Waals surface area contributed by atoms with E-state index in [1.807, 2.05) is 0 Å². The Morgan fingerprint density at radius 1 is 0.688 bits per heavy atom. The Morgan fingerprint density at radius 2 is 1.19 bits per heavy atom. The smallest absolute Gasteiger partial charge is 0.0175 e. The van der Waals surface area contributed by atoms with E-state index in [9.17, 15) is 0 Å². The molecule has 0 rings (SSSR count). The molecule has 0 saturated heterocycles. The zero-order chi connectivity index (χ0) is 11.9. The second-order valence-electron chi connectivity index (χ2n) is 4.60. The summed E-state index contributed by atoms with van der Waals surface area (Å²) in [4.78, 5) is 0. The molecular weight excluding hydrogens is 307 g/mol. The molecule has 0 N–H and O–H groups in total. The highest BCUT2D eigenvalue weighted by Gasteiger charge is 1.91. The highest BCUT2D eigenvalue weighted by atomic mass is 127. The quantitative estimate of drug-likeness (QED) is 0.170. The van der Waals surface area contributed by atoms with Crippen molar-refractivity contribution in [3.05, 3.63) is 12.2 Å². The highest BCUT2D eigenvalue weighted by molar-refractivity contribution is 14.1. The second-order valence-corrected chi connectivity index (χ2v) is 5.48. The Kier molecular flexibility index (Phi) is 15.9. The average molecular weight is 336 g/mol. The van der Waals surface area contributed by atoms with Gasteiger partial charge in [-0.1, -0.05) is 99.5 Å². The molecule has 0 aliphatic heterocycles. The number of hydrogen-bond acceptors (Lipinski definition) is 0. The van der Waals surface area contributed by atoms with Gasteiger partial charge in [-0.2, -0.15) is 0 Å². The first-order valence-electron chi connectivity index (χ1n) is 7.12. The maximum atomic E-state index is 2.39. The molecule has 0 bridgehead atoms. The largest absolute Gasteiger partial charge is 0.0878 e. The van der Waals surface area contributed by atoms with Gasteiger partial charge in [-0.25, -0.2) is 0 Å². The van der Waals surface area contributed by atoms with Crippen LogP contribution in [-0.4, -0.2) is 4.43 Å². The molecule has 96 valence electrons. The van der Waals surface area contributed by atoms with Gasteiger partial charge in [0, 0.05) is 4.43 Å². The van der Waals surface area contributed by atoms with Crippen molar-refractivity contribution in [2.45, 2.75) is 77.6 Å². The van der Waals surface area contributed by atoms with E-state index in [1.54, 1.807) is 0 Å². The van der Waals surface area contributed by atoms with Gasteiger partial charge in [-0.05, 0) is 12.8 Å². The fourth-order valence-electron chi connectivity index (χ4n) is 1.93. The fraction of sp³-hybridized carbons (Fsp3) is 0.867. The van der Waals surface area contributed by atoms with Crippen molar-refractivity contribution in [2.24, 2.45) is 0 Å². The van der Waals surface area contributed by atoms with E-state index < -0.39 is 0 Å². The van der Waals surface area contributed by atoms with E-state index in [-0.39, 0.29) is 0 Å². The molecule has 0 heterocycles. The SMILES string of the molecule is CCCCCCCCCCCC/C=C/CI. The van der Waals surface area contributed by atoms with Gasteiger partial charge < -0.3 is 0 Å². The summed E-state index contributed by atoms with van der Waals surface area (Å²) in [6.45, 7) is 2.28. The predicted molar refractivity (Wildman–Crippen MR) is 84.5 cm³/mol. The van der Waals surface area contributed by atoms with Crippen LogP contribution in [0.15, 0.2) is 12.2 Å². The zero-order valence-corrected chi connectivity index (χ0v) is 13.2. The van der Waals surface area contributed by atoms with Crippen LogP contribution in [-0.2, 0) is 0 Å². The third-order valence-corrected chi connectivity index (χ3v) is 3.49. The van der Waals surface area contributed by atoms with Crippen LogP contribution in [0.4, 0.5) is 0 Å². The molecule has 0 saturated carbocycles. The number of allylic oxidation sites excluding steroid dienone is 2. The van der Waals surface area contributed by atoms with Gasteiger partial charge in [-0.15, -0.1) is 0 Å². The first-order valence-corrected chi connectivity index (χ1v) is 8.65. The average Bonchev–Trinajstić information content (AvgIpc) is 2.31. The summed E-state index contributed by atoms with van der Waals surface area (Å²) in [6.07, 6.45) is 20.3. The summed E-state index contributed by atoms with van der Waals surface area (Å²) in [5.41, 5.74) is 0. The highest BCUT2D eigenvalue weighted by Crippen LogP contribution is 2.11. The molecule has 0 fully saturated rings. The molecule has 1 heteroatoms. The molecule has 0 aromatic carbocycles. The summed E-state index contributed by atoms with van der Waals surface area (Å²) in [5, 5.41) is 0. The van der Waals surface area contributed by atoms with Crippen LogP contribution < -0.4 is 0 Å². The first kappa shape index (κ1) is 16.5. The molecule has 0 unspecified atom stereocenters. The molecule has 0 aliphatic carbocycles. The number of halogens is 1. The van der Waals surface area contributed by atoms with Crippen molar-refractivity contribution >= 4 is 22.6 Å². The van der Waals surface area contributed by atoms with E-state index in [0.717, 1.165) is 4.43 Å². The van der Waals surface area contributed by atoms with Gasteiger partial charge >= 0.3 is 0 Å². The zero-order valence-electron chi connectivity index (χ0n) is 11.0. The predicted octanol–water partition coefficient (Wildman–Crippen LogP) is 6.29. The molecule has 0 atom stereocenters. The number of rotatable bonds is 12. The number of hydrogen-bond donors (Lipinski definition) is 0. The molecule has 0 aliphatic rings. The van der Waals surface area contributed by atoms with Gasteiger partial charge in [0.15, 0.2) is 0 Å². The lowest BCUT2D eigenvalue weighted by atomic mass is 10.1. The van der Waals surface area contributed by atoms with Crippen molar-refractivity contribution in [3.8, 4) is 0 Å². The molecule has 0 nitrogen and oxygen atoms in total. The van der Waals surface area contributed by atoms with Crippen LogP contribution in [0.3, 0.4) is 0 Å². The third kappa shape index (κ3) is 14.5. The van der Waals surface area contributed by atoms with Crippen LogP contribution >= 0.6 is 22.6 Å². The van der Waals surface area contributed by atoms with E-state index in [4.69, 9.17) is 0 Å². The van der Waals surface area contributed by atoms with Gasteiger partial charge in [0.25, 0.3) is 0 Å². The van der Waals surface area contributed by atoms with Gasteiger partial charge in [-0.3, -0.25) is 0 Å². The Balaban J connectivity index is 2.90. The fourth-order valence-corrected chi connectivity index (χ4v) is 2.29. The van der Waals surface area contributed by atoms with Crippen molar-refractivity contribution in [1.29, 1.82) is 0 Å². The van der Waals surface area contributed by atoms with E-state index in [1.165, 1.54) is 70.6 Å². The molecule has 0 aromatic rings.